The summed E-state index contributed by atoms with van der Waals surface area (Å²) in [5.41, 5.74) is 1.66. The van der Waals surface area contributed by atoms with Gasteiger partial charge in [-0.25, -0.2) is 4.98 Å². The molecule has 0 radical (unpaired) electrons. The standard InChI is InChI=1S/C18H22N2O3S/c1-4-22-12-6-7-16(23-5-2)14(9-12)15-10-24-18(19-15)20-17(21)13-8-11(13)3/h6-7,9-11,13H,4-5,8H2,1-3H3,(H,19,20,21)/t11-,13+/m1/s1. The van der Waals surface area contributed by atoms with E-state index in [9.17, 15) is 4.79 Å². The molecule has 1 heterocycles. The van der Waals surface area contributed by atoms with Crippen LogP contribution in [-0.4, -0.2) is 24.1 Å². The molecule has 5 nitrogen and oxygen atoms in total. The van der Waals surface area contributed by atoms with E-state index in [4.69, 9.17) is 9.47 Å². The number of carbonyl (C=O) groups excluding carboxylic acids is 1. The molecule has 1 amide bonds. The normalized spacial score (nSPS) is 19.0. The van der Waals surface area contributed by atoms with Crippen LogP contribution in [0.5, 0.6) is 11.5 Å². The van der Waals surface area contributed by atoms with Crippen molar-refractivity contribution < 1.29 is 14.3 Å². The monoisotopic (exact) mass is 346 g/mol. The van der Waals surface area contributed by atoms with Gasteiger partial charge < -0.3 is 14.8 Å². The van der Waals surface area contributed by atoms with Crippen molar-refractivity contribution in [1.82, 2.24) is 4.98 Å². The molecule has 2 aromatic rings. The van der Waals surface area contributed by atoms with Gasteiger partial charge in [0.15, 0.2) is 5.13 Å². The predicted octanol–water partition coefficient (Wildman–Crippen LogP) is 4.20. The fourth-order valence-electron chi connectivity index (χ4n) is 2.59. The Morgan fingerprint density at radius 3 is 2.75 bits per heavy atom. The Hall–Kier alpha value is -2.08. The van der Waals surface area contributed by atoms with Gasteiger partial charge in [-0.05, 0) is 44.4 Å². The van der Waals surface area contributed by atoms with Gasteiger partial charge in [0.1, 0.15) is 11.5 Å². The summed E-state index contributed by atoms with van der Waals surface area (Å²) < 4.78 is 11.3. The molecule has 1 aliphatic carbocycles. The number of carbonyl (C=O) groups is 1. The molecule has 2 atom stereocenters. The molecule has 1 aliphatic rings. The van der Waals surface area contributed by atoms with Crippen LogP contribution in [0.1, 0.15) is 27.2 Å². The lowest BCUT2D eigenvalue weighted by Crippen LogP contribution is -2.14. The first-order chi connectivity index (χ1) is 11.6. The summed E-state index contributed by atoms with van der Waals surface area (Å²) in [6.07, 6.45) is 0.967. The first-order valence-electron chi connectivity index (χ1n) is 8.28. The van der Waals surface area contributed by atoms with Gasteiger partial charge in [0.05, 0.1) is 18.9 Å². The fraction of sp³-hybridized carbons (Fsp3) is 0.444. The number of hydrogen-bond acceptors (Lipinski definition) is 5. The SMILES string of the molecule is CCOc1ccc(OCC)c(-c2csc(NC(=O)[C@H]3C[C@H]3C)n2)c1. The molecule has 1 fully saturated rings. The van der Waals surface area contributed by atoms with Crippen LogP contribution in [0, 0.1) is 11.8 Å². The molecule has 6 heteroatoms. The molecule has 128 valence electrons. The van der Waals surface area contributed by atoms with E-state index >= 15 is 0 Å². The van der Waals surface area contributed by atoms with Crippen LogP contribution in [0.25, 0.3) is 11.3 Å². The van der Waals surface area contributed by atoms with Crippen molar-refractivity contribution in [2.75, 3.05) is 18.5 Å². The van der Waals surface area contributed by atoms with Crippen LogP contribution in [0.4, 0.5) is 5.13 Å². The topological polar surface area (TPSA) is 60.5 Å². The summed E-state index contributed by atoms with van der Waals surface area (Å²) in [7, 11) is 0. The van der Waals surface area contributed by atoms with E-state index in [0.717, 1.165) is 29.2 Å². The van der Waals surface area contributed by atoms with Gasteiger partial charge >= 0.3 is 0 Å². The highest BCUT2D eigenvalue weighted by molar-refractivity contribution is 7.14. The van der Waals surface area contributed by atoms with Gasteiger partial charge in [0.2, 0.25) is 5.91 Å². The Morgan fingerprint density at radius 2 is 2.08 bits per heavy atom. The van der Waals surface area contributed by atoms with Gasteiger partial charge in [0.25, 0.3) is 0 Å². The summed E-state index contributed by atoms with van der Waals surface area (Å²) in [6.45, 7) is 7.17. The predicted molar refractivity (Wildman–Crippen MR) is 95.8 cm³/mol. The van der Waals surface area contributed by atoms with Crippen LogP contribution in [0.3, 0.4) is 0 Å². The van der Waals surface area contributed by atoms with E-state index in [1.165, 1.54) is 11.3 Å². The molecule has 3 rings (SSSR count). The van der Waals surface area contributed by atoms with Crippen LogP contribution in [0.15, 0.2) is 23.6 Å². The largest absolute Gasteiger partial charge is 0.494 e. The summed E-state index contributed by atoms with van der Waals surface area (Å²) in [5.74, 6) is 2.23. The maximum Gasteiger partial charge on any atom is 0.229 e. The summed E-state index contributed by atoms with van der Waals surface area (Å²) in [6, 6.07) is 5.72. The highest BCUT2D eigenvalue weighted by Gasteiger charge is 2.39. The number of thiazole rings is 1. The van der Waals surface area contributed by atoms with Crippen molar-refractivity contribution in [2.24, 2.45) is 11.8 Å². The molecule has 1 aromatic heterocycles. The lowest BCUT2D eigenvalue weighted by Gasteiger charge is -2.11. The first-order valence-corrected chi connectivity index (χ1v) is 9.16. The van der Waals surface area contributed by atoms with Crippen molar-refractivity contribution >= 4 is 22.4 Å². The number of nitrogens with zero attached hydrogens (tertiary/aromatic N) is 1. The Labute approximate surface area is 146 Å². The number of amides is 1. The van der Waals surface area contributed by atoms with Crippen molar-refractivity contribution in [1.29, 1.82) is 0 Å². The number of rotatable bonds is 7. The Balaban J connectivity index is 1.82. The third kappa shape index (κ3) is 3.70. The van der Waals surface area contributed by atoms with Crippen LogP contribution in [-0.2, 0) is 4.79 Å². The lowest BCUT2D eigenvalue weighted by atomic mass is 10.1. The summed E-state index contributed by atoms with van der Waals surface area (Å²) in [4.78, 5) is 16.6. The Kier molecular flexibility index (Phi) is 5.04. The maximum absolute atomic E-state index is 12.1. The molecule has 1 N–H and O–H groups in total. The van der Waals surface area contributed by atoms with E-state index in [0.29, 0.717) is 24.3 Å². The summed E-state index contributed by atoms with van der Waals surface area (Å²) >= 11 is 1.43. The lowest BCUT2D eigenvalue weighted by molar-refractivity contribution is -0.117. The van der Waals surface area contributed by atoms with Crippen molar-refractivity contribution in [2.45, 2.75) is 27.2 Å². The van der Waals surface area contributed by atoms with Crippen molar-refractivity contribution in [3.05, 3.63) is 23.6 Å². The van der Waals surface area contributed by atoms with Gasteiger partial charge in [0, 0.05) is 16.9 Å². The van der Waals surface area contributed by atoms with Crippen molar-refractivity contribution in [3.63, 3.8) is 0 Å². The quantitative estimate of drug-likeness (QED) is 0.816. The fourth-order valence-corrected chi connectivity index (χ4v) is 3.30. The van der Waals surface area contributed by atoms with E-state index in [1.807, 2.05) is 37.4 Å². The van der Waals surface area contributed by atoms with Crippen LogP contribution >= 0.6 is 11.3 Å². The zero-order valence-corrected chi connectivity index (χ0v) is 15.0. The second-order valence-electron chi connectivity index (χ2n) is 5.87. The Bertz CT molecular complexity index is 729. The number of anilines is 1. The average Bonchev–Trinajstić information content (AvgIpc) is 3.12. The number of nitrogens with one attached hydrogen (secondary N) is 1. The zero-order chi connectivity index (χ0) is 17.1. The number of benzene rings is 1. The van der Waals surface area contributed by atoms with Gasteiger partial charge in [-0.3, -0.25) is 4.79 Å². The zero-order valence-electron chi connectivity index (χ0n) is 14.2. The van der Waals surface area contributed by atoms with E-state index in [1.54, 1.807) is 0 Å². The Morgan fingerprint density at radius 1 is 1.33 bits per heavy atom. The number of aromatic nitrogens is 1. The molecule has 0 unspecified atom stereocenters. The third-order valence-electron chi connectivity index (χ3n) is 4.02. The molecule has 0 saturated heterocycles. The molecule has 1 aromatic carbocycles. The van der Waals surface area contributed by atoms with E-state index in [2.05, 4.69) is 17.2 Å². The molecule has 0 spiro atoms. The second kappa shape index (κ2) is 7.21. The highest BCUT2D eigenvalue weighted by atomic mass is 32.1. The minimum absolute atomic E-state index is 0.0662. The average molecular weight is 346 g/mol. The highest BCUT2D eigenvalue weighted by Crippen LogP contribution is 2.39. The summed E-state index contributed by atoms with van der Waals surface area (Å²) in [5, 5.41) is 5.47. The molecular formula is C18H22N2O3S. The van der Waals surface area contributed by atoms with Crippen LogP contribution < -0.4 is 14.8 Å². The van der Waals surface area contributed by atoms with Gasteiger partial charge in [-0.15, -0.1) is 11.3 Å². The second-order valence-corrected chi connectivity index (χ2v) is 6.73. The van der Waals surface area contributed by atoms with Crippen molar-refractivity contribution in [3.8, 4) is 22.8 Å². The van der Waals surface area contributed by atoms with E-state index in [-0.39, 0.29) is 11.8 Å². The third-order valence-corrected chi connectivity index (χ3v) is 4.78. The minimum atomic E-state index is 0.0662. The van der Waals surface area contributed by atoms with Gasteiger partial charge in [-0.2, -0.15) is 0 Å². The molecule has 24 heavy (non-hydrogen) atoms. The first kappa shape index (κ1) is 16.8. The molecular weight excluding hydrogens is 324 g/mol. The molecule has 0 bridgehead atoms. The minimum Gasteiger partial charge on any atom is -0.494 e. The van der Waals surface area contributed by atoms with E-state index < -0.39 is 0 Å². The molecule has 0 aliphatic heterocycles. The molecule has 1 saturated carbocycles. The van der Waals surface area contributed by atoms with Crippen LogP contribution in [0.2, 0.25) is 0 Å². The maximum atomic E-state index is 12.1. The number of ether oxygens (including phenoxy) is 2. The smallest absolute Gasteiger partial charge is 0.229 e. The number of hydrogen-bond donors (Lipinski definition) is 1. The van der Waals surface area contributed by atoms with Gasteiger partial charge in [-0.1, -0.05) is 6.92 Å².